The second-order valence-corrected chi connectivity index (χ2v) is 20.9. The van der Waals surface area contributed by atoms with E-state index in [9.17, 15) is 0 Å². The Morgan fingerprint density at radius 2 is 1.44 bits per heavy atom. The standard InChI is InChI=1S/C9H10NO2.3C4H9.Sn/c1-9(11-6-7-12-9)8-4-2-3-5-10-8;3*1-3-4-2;/h2,4-5H,6-7H2,1H3;3*1,3-4H2,2H3;. The van der Waals surface area contributed by atoms with Crippen LogP contribution in [0, 0.1) is 0 Å². The molecule has 142 valence electrons. The average molecular weight is 454 g/mol. The van der Waals surface area contributed by atoms with E-state index in [-0.39, 0.29) is 0 Å². The fraction of sp³-hybridized carbons (Fsp3) is 0.762. The zero-order valence-electron chi connectivity index (χ0n) is 16.8. The SMILES string of the molecule is CCC[CH2][Sn]([CH2]CCC)([CH2]CCC)[c]1ccc(C2(C)OCCO2)nc1. The van der Waals surface area contributed by atoms with Crippen molar-refractivity contribution in [3.63, 3.8) is 0 Å². The van der Waals surface area contributed by atoms with Crippen molar-refractivity contribution in [3.05, 3.63) is 24.0 Å². The van der Waals surface area contributed by atoms with Crippen molar-refractivity contribution in [2.75, 3.05) is 13.2 Å². The molecule has 25 heavy (non-hydrogen) atoms. The molecule has 4 heteroatoms. The molecule has 0 spiro atoms. The van der Waals surface area contributed by atoms with Crippen LogP contribution in [0.5, 0.6) is 0 Å². The summed E-state index contributed by atoms with van der Waals surface area (Å²) >= 11 is -2.36. The second kappa shape index (κ2) is 10.3. The third-order valence-electron chi connectivity index (χ3n) is 5.71. The topological polar surface area (TPSA) is 31.4 Å². The van der Waals surface area contributed by atoms with Crippen LogP contribution in [0.25, 0.3) is 0 Å². The summed E-state index contributed by atoms with van der Waals surface area (Å²) in [6.07, 6.45) is 10.3. The third-order valence-corrected chi connectivity index (χ3v) is 21.3. The monoisotopic (exact) mass is 455 g/mol. The van der Waals surface area contributed by atoms with E-state index in [1.165, 1.54) is 51.8 Å². The van der Waals surface area contributed by atoms with Crippen LogP contribution < -0.4 is 3.58 Å². The maximum atomic E-state index is 5.78. The fourth-order valence-electron chi connectivity index (χ4n) is 3.99. The Bertz CT molecular complexity index is 475. The van der Waals surface area contributed by atoms with Crippen LogP contribution >= 0.6 is 0 Å². The number of pyridine rings is 1. The first-order chi connectivity index (χ1) is 12.1. The Morgan fingerprint density at radius 3 is 1.84 bits per heavy atom. The van der Waals surface area contributed by atoms with Gasteiger partial charge in [-0.3, -0.25) is 0 Å². The molecular formula is C21H37NO2Sn. The molecule has 1 aromatic rings. The van der Waals surface area contributed by atoms with Gasteiger partial charge in [-0.05, 0) is 0 Å². The zero-order valence-corrected chi connectivity index (χ0v) is 19.6. The molecule has 1 aromatic heterocycles. The van der Waals surface area contributed by atoms with Gasteiger partial charge in [0.15, 0.2) is 0 Å². The van der Waals surface area contributed by atoms with Crippen LogP contribution in [0.4, 0.5) is 0 Å². The Morgan fingerprint density at radius 1 is 0.920 bits per heavy atom. The molecule has 3 nitrogen and oxygen atoms in total. The molecule has 0 amide bonds. The first-order valence-corrected chi connectivity index (χ1v) is 17.8. The van der Waals surface area contributed by atoms with Crippen LogP contribution in [0.1, 0.15) is 71.9 Å². The van der Waals surface area contributed by atoms with Crippen molar-refractivity contribution in [1.29, 1.82) is 0 Å². The zero-order chi connectivity index (χ0) is 18.2. The van der Waals surface area contributed by atoms with Gasteiger partial charge in [-0.15, -0.1) is 0 Å². The number of rotatable bonds is 11. The molecule has 1 aliphatic rings. The van der Waals surface area contributed by atoms with Crippen LogP contribution in [0.2, 0.25) is 13.3 Å². The number of aromatic nitrogens is 1. The molecule has 1 fully saturated rings. The summed E-state index contributed by atoms with van der Waals surface area (Å²) in [6.45, 7) is 10.3. The van der Waals surface area contributed by atoms with Crippen LogP contribution in [0.3, 0.4) is 0 Å². The van der Waals surface area contributed by atoms with Crippen LogP contribution in [0.15, 0.2) is 18.3 Å². The van der Waals surface area contributed by atoms with Crippen molar-refractivity contribution in [2.24, 2.45) is 0 Å². The Labute approximate surface area is 158 Å². The number of hydrogen-bond donors (Lipinski definition) is 0. The summed E-state index contributed by atoms with van der Waals surface area (Å²) < 4.78 is 17.6. The molecule has 1 aliphatic heterocycles. The van der Waals surface area contributed by atoms with E-state index in [0.717, 1.165) is 5.69 Å². The van der Waals surface area contributed by atoms with E-state index in [1.54, 1.807) is 3.58 Å². The second-order valence-electron chi connectivity index (χ2n) is 7.67. The van der Waals surface area contributed by atoms with Gasteiger partial charge in [0.2, 0.25) is 0 Å². The Kier molecular flexibility index (Phi) is 8.69. The maximum absolute atomic E-state index is 5.78. The van der Waals surface area contributed by atoms with Gasteiger partial charge in [0.1, 0.15) is 0 Å². The Balaban J connectivity index is 2.27. The summed E-state index contributed by atoms with van der Waals surface area (Å²) in [5.41, 5.74) is 0.926. The van der Waals surface area contributed by atoms with Crippen molar-refractivity contribution >= 4 is 22.0 Å². The van der Waals surface area contributed by atoms with Gasteiger partial charge >= 0.3 is 159 Å². The van der Waals surface area contributed by atoms with Gasteiger partial charge in [0.05, 0.1) is 0 Å². The molecule has 0 aliphatic carbocycles. The minimum atomic E-state index is -2.36. The van der Waals surface area contributed by atoms with E-state index < -0.39 is 24.2 Å². The number of hydrogen-bond acceptors (Lipinski definition) is 3. The van der Waals surface area contributed by atoms with Gasteiger partial charge in [-0.2, -0.15) is 0 Å². The van der Waals surface area contributed by atoms with Gasteiger partial charge in [0, 0.05) is 0 Å². The van der Waals surface area contributed by atoms with Crippen molar-refractivity contribution in [1.82, 2.24) is 4.98 Å². The molecule has 0 bridgehead atoms. The first kappa shape index (κ1) is 21.2. The number of nitrogens with zero attached hydrogens (tertiary/aromatic N) is 1. The van der Waals surface area contributed by atoms with Crippen LogP contribution in [-0.4, -0.2) is 36.6 Å². The van der Waals surface area contributed by atoms with Gasteiger partial charge in [-0.1, -0.05) is 0 Å². The minimum absolute atomic E-state index is 0.646. The summed E-state index contributed by atoms with van der Waals surface area (Å²) in [7, 11) is 0. The Hall–Kier alpha value is -0.131. The predicted octanol–water partition coefficient (Wildman–Crippen LogP) is 5.36. The summed E-state index contributed by atoms with van der Waals surface area (Å²) in [4.78, 5) is 4.83. The number of ether oxygens (including phenoxy) is 2. The fourth-order valence-corrected chi connectivity index (χ4v) is 19.6. The van der Waals surface area contributed by atoms with Crippen molar-refractivity contribution < 1.29 is 9.47 Å². The van der Waals surface area contributed by atoms with E-state index >= 15 is 0 Å². The van der Waals surface area contributed by atoms with E-state index in [4.69, 9.17) is 14.5 Å². The van der Waals surface area contributed by atoms with Crippen molar-refractivity contribution in [2.45, 2.75) is 85.3 Å². The molecule has 2 rings (SSSR count). The average Bonchev–Trinajstić information content (AvgIpc) is 3.09. The summed E-state index contributed by atoms with van der Waals surface area (Å²) in [5.74, 6) is -0.646. The van der Waals surface area contributed by atoms with Crippen LogP contribution in [-0.2, 0) is 15.3 Å². The summed E-state index contributed by atoms with van der Waals surface area (Å²) in [5, 5.41) is 0. The third kappa shape index (κ3) is 5.43. The molecule has 0 atom stereocenters. The van der Waals surface area contributed by atoms with Gasteiger partial charge in [-0.25, -0.2) is 0 Å². The predicted molar refractivity (Wildman–Crippen MR) is 108 cm³/mol. The quantitative estimate of drug-likeness (QED) is 0.422. The molecule has 0 N–H and O–H groups in total. The molecule has 0 aromatic carbocycles. The van der Waals surface area contributed by atoms with E-state index in [2.05, 4.69) is 39.1 Å². The van der Waals surface area contributed by atoms with Crippen molar-refractivity contribution in [3.8, 4) is 0 Å². The number of unbranched alkanes of at least 4 members (excludes halogenated alkanes) is 3. The normalized spacial score (nSPS) is 17.1. The molecule has 2 heterocycles. The van der Waals surface area contributed by atoms with E-state index in [0.29, 0.717) is 13.2 Å². The molecule has 0 radical (unpaired) electrons. The van der Waals surface area contributed by atoms with Gasteiger partial charge in [0.25, 0.3) is 0 Å². The van der Waals surface area contributed by atoms with E-state index in [1.807, 2.05) is 6.92 Å². The molecular weight excluding hydrogens is 417 g/mol. The van der Waals surface area contributed by atoms with Gasteiger partial charge < -0.3 is 0 Å². The molecule has 0 saturated carbocycles. The molecule has 1 saturated heterocycles. The molecule has 0 unspecified atom stereocenters. The first-order valence-electron chi connectivity index (χ1n) is 10.3. The summed E-state index contributed by atoms with van der Waals surface area (Å²) in [6, 6.07) is 4.56.